The van der Waals surface area contributed by atoms with Gasteiger partial charge in [0.15, 0.2) is 5.82 Å². The van der Waals surface area contributed by atoms with E-state index in [9.17, 15) is 0 Å². The van der Waals surface area contributed by atoms with Gasteiger partial charge in [-0.2, -0.15) is 9.61 Å². The molecule has 0 atom stereocenters. The number of nitrogens with zero attached hydrogens (tertiary/aromatic N) is 4. The number of furan rings is 1. The fourth-order valence-corrected chi connectivity index (χ4v) is 3.30. The van der Waals surface area contributed by atoms with Crippen molar-refractivity contribution < 1.29 is 9.15 Å². The lowest BCUT2D eigenvalue weighted by atomic mass is 10.1. The lowest BCUT2D eigenvalue weighted by Crippen LogP contribution is -1.94. The van der Waals surface area contributed by atoms with Crippen LogP contribution in [0.25, 0.3) is 16.3 Å². The number of ether oxygens (including phenoxy) is 1. The summed E-state index contributed by atoms with van der Waals surface area (Å²) in [7, 11) is 1.66. The zero-order valence-electron chi connectivity index (χ0n) is 12.7. The largest absolute Gasteiger partial charge is 0.497 e. The molecule has 0 saturated heterocycles. The maximum absolute atomic E-state index is 5.34. The zero-order valence-corrected chi connectivity index (χ0v) is 13.5. The maximum atomic E-state index is 5.34. The van der Waals surface area contributed by atoms with E-state index >= 15 is 0 Å². The topological polar surface area (TPSA) is 65.5 Å². The predicted molar refractivity (Wildman–Crippen MR) is 86.9 cm³/mol. The van der Waals surface area contributed by atoms with E-state index in [4.69, 9.17) is 9.15 Å². The van der Waals surface area contributed by atoms with E-state index in [1.807, 2.05) is 37.3 Å². The van der Waals surface area contributed by atoms with Gasteiger partial charge in [-0.1, -0.05) is 23.5 Å². The standard InChI is InChI=1S/C16H14N4O2S/c1-10-13(7-8-22-10)15-17-18-16-20(15)19-14(23-16)9-11-3-5-12(21-2)6-4-11/h3-8H,9H2,1-2H3. The Hall–Kier alpha value is -2.67. The van der Waals surface area contributed by atoms with Crippen LogP contribution in [0.5, 0.6) is 5.75 Å². The Morgan fingerprint density at radius 1 is 1.17 bits per heavy atom. The normalized spacial score (nSPS) is 11.2. The second-order valence-electron chi connectivity index (χ2n) is 5.13. The SMILES string of the molecule is COc1ccc(Cc2nn3c(-c4ccoc4C)nnc3s2)cc1. The van der Waals surface area contributed by atoms with E-state index in [2.05, 4.69) is 15.3 Å². The van der Waals surface area contributed by atoms with E-state index in [0.29, 0.717) is 5.82 Å². The summed E-state index contributed by atoms with van der Waals surface area (Å²) in [6, 6.07) is 9.88. The molecule has 0 aliphatic rings. The molecule has 3 aromatic heterocycles. The molecule has 0 bridgehead atoms. The lowest BCUT2D eigenvalue weighted by molar-refractivity contribution is 0.414. The lowest BCUT2D eigenvalue weighted by Gasteiger charge is -2.01. The number of methoxy groups -OCH3 is 1. The average molecular weight is 326 g/mol. The summed E-state index contributed by atoms with van der Waals surface area (Å²) in [4.78, 5) is 0.782. The first kappa shape index (κ1) is 14.0. The van der Waals surface area contributed by atoms with Crippen LogP contribution in [-0.4, -0.2) is 26.9 Å². The van der Waals surface area contributed by atoms with Crippen LogP contribution in [0, 0.1) is 6.92 Å². The van der Waals surface area contributed by atoms with Crippen molar-refractivity contribution in [3.63, 3.8) is 0 Å². The highest BCUT2D eigenvalue weighted by molar-refractivity contribution is 7.16. The highest BCUT2D eigenvalue weighted by atomic mass is 32.1. The molecule has 0 unspecified atom stereocenters. The van der Waals surface area contributed by atoms with E-state index < -0.39 is 0 Å². The minimum Gasteiger partial charge on any atom is -0.497 e. The molecule has 6 nitrogen and oxygen atoms in total. The van der Waals surface area contributed by atoms with Crippen LogP contribution < -0.4 is 4.74 Å². The van der Waals surface area contributed by atoms with Gasteiger partial charge in [0.05, 0.1) is 18.9 Å². The van der Waals surface area contributed by atoms with Crippen LogP contribution in [0.2, 0.25) is 0 Å². The van der Waals surface area contributed by atoms with Gasteiger partial charge in [0.2, 0.25) is 4.96 Å². The molecule has 0 aliphatic carbocycles. The Labute approximate surface area is 136 Å². The second-order valence-corrected chi connectivity index (χ2v) is 6.17. The Bertz CT molecular complexity index is 952. The third-order valence-electron chi connectivity index (χ3n) is 3.65. The van der Waals surface area contributed by atoms with Gasteiger partial charge in [-0.25, -0.2) is 0 Å². The molecule has 3 heterocycles. The average Bonchev–Trinajstić information content (AvgIpc) is 3.24. The Morgan fingerprint density at radius 2 is 2.00 bits per heavy atom. The Kier molecular flexibility index (Phi) is 3.34. The molecule has 4 aromatic rings. The third kappa shape index (κ3) is 2.49. The number of benzene rings is 1. The van der Waals surface area contributed by atoms with Gasteiger partial charge in [-0.3, -0.25) is 0 Å². The zero-order chi connectivity index (χ0) is 15.8. The fraction of sp³-hybridized carbons (Fsp3) is 0.188. The van der Waals surface area contributed by atoms with E-state index in [0.717, 1.165) is 33.5 Å². The summed E-state index contributed by atoms with van der Waals surface area (Å²) in [5.74, 6) is 2.37. The molecule has 4 rings (SSSR count). The molecule has 1 aromatic carbocycles. The van der Waals surface area contributed by atoms with Crippen molar-refractivity contribution in [2.75, 3.05) is 7.11 Å². The first-order valence-electron chi connectivity index (χ1n) is 7.13. The van der Waals surface area contributed by atoms with Crippen molar-refractivity contribution in [2.45, 2.75) is 13.3 Å². The molecular weight excluding hydrogens is 312 g/mol. The quantitative estimate of drug-likeness (QED) is 0.575. The number of fused-ring (bicyclic) bond motifs is 1. The van der Waals surface area contributed by atoms with Gasteiger partial charge in [0.25, 0.3) is 0 Å². The van der Waals surface area contributed by atoms with Crippen LogP contribution >= 0.6 is 11.3 Å². The summed E-state index contributed by atoms with van der Waals surface area (Å²) in [6.07, 6.45) is 2.40. The predicted octanol–water partition coefficient (Wildman–Crippen LogP) is 3.35. The molecule has 0 N–H and O–H groups in total. The first-order valence-corrected chi connectivity index (χ1v) is 7.95. The van der Waals surface area contributed by atoms with Crippen LogP contribution in [0.3, 0.4) is 0 Å². The third-order valence-corrected chi connectivity index (χ3v) is 4.55. The number of aromatic nitrogens is 4. The molecule has 0 saturated carbocycles. The van der Waals surface area contributed by atoms with Crippen molar-refractivity contribution >= 4 is 16.3 Å². The van der Waals surface area contributed by atoms with Crippen molar-refractivity contribution in [3.8, 4) is 17.1 Å². The van der Waals surface area contributed by atoms with Gasteiger partial charge in [0.1, 0.15) is 16.5 Å². The highest BCUT2D eigenvalue weighted by Gasteiger charge is 2.16. The van der Waals surface area contributed by atoms with Crippen LogP contribution in [-0.2, 0) is 6.42 Å². The van der Waals surface area contributed by atoms with Crippen molar-refractivity contribution in [3.05, 3.63) is 52.9 Å². The van der Waals surface area contributed by atoms with Crippen molar-refractivity contribution in [1.82, 2.24) is 19.8 Å². The molecule has 0 radical (unpaired) electrons. The molecule has 0 fully saturated rings. The monoisotopic (exact) mass is 326 g/mol. The van der Waals surface area contributed by atoms with Gasteiger partial charge < -0.3 is 9.15 Å². The molecule has 0 spiro atoms. The summed E-state index contributed by atoms with van der Waals surface area (Å²) >= 11 is 1.54. The smallest absolute Gasteiger partial charge is 0.234 e. The second kappa shape index (κ2) is 5.51. The summed E-state index contributed by atoms with van der Waals surface area (Å²) in [6.45, 7) is 1.90. The first-order chi connectivity index (χ1) is 11.2. The molecule has 7 heteroatoms. The number of hydrogen-bond acceptors (Lipinski definition) is 6. The summed E-state index contributed by atoms with van der Waals surface area (Å²) in [5.41, 5.74) is 2.09. The van der Waals surface area contributed by atoms with Crippen LogP contribution in [0.4, 0.5) is 0 Å². The van der Waals surface area contributed by atoms with Gasteiger partial charge in [-0.05, 0) is 30.7 Å². The molecule has 116 valence electrons. The van der Waals surface area contributed by atoms with E-state index in [-0.39, 0.29) is 0 Å². The molecule has 23 heavy (non-hydrogen) atoms. The minimum absolute atomic E-state index is 0.712. The van der Waals surface area contributed by atoms with E-state index in [1.165, 1.54) is 5.56 Å². The summed E-state index contributed by atoms with van der Waals surface area (Å²) < 4.78 is 12.3. The Morgan fingerprint density at radius 3 is 2.70 bits per heavy atom. The Balaban J connectivity index is 1.66. The van der Waals surface area contributed by atoms with Crippen molar-refractivity contribution in [1.29, 1.82) is 0 Å². The van der Waals surface area contributed by atoms with Crippen LogP contribution in [0.15, 0.2) is 41.0 Å². The highest BCUT2D eigenvalue weighted by Crippen LogP contribution is 2.26. The number of aryl methyl sites for hydroxylation is 1. The molecular formula is C16H14N4O2S. The maximum Gasteiger partial charge on any atom is 0.234 e. The molecule has 0 aliphatic heterocycles. The number of hydrogen-bond donors (Lipinski definition) is 0. The van der Waals surface area contributed by atoms with E-state index in [1.54, 1.807) is 29.2 Å². The van der Waals surface area contributed by atoms with Gasteiger partial charge in [-0.15, -0.1) is 10.2 Å². The summed E-state index contributed by atoms with van der Waals surface area (Å²) in [5, 5.41) is 14.1. The van der Waals surface area contributed by atoms with Crippen LogP contribution in [0.1, 0.15) is 16.3 Å². The van der Waals surface area contributed by atoms with Gasteiger partial charge >= 0.3 is 0 Å². The minimum atomic E-state index is 0.712. The van der Waals surface area contributed by atoms with Crippen molar-refractivity contribution in [2.24, 2.45) is 0 Å². The van der Waals surface area contributed by atoms with Gasteiger partial charge in [0, 0.05) is 6.42 Å². The molecule has 0 amide bonds. The fourth-order valence-electron chi connectivity index (χ4n) is 2.43. The number of rotatable bonds is 4.